The predicted octanol–water partition coefficient (Wildman–Crippen LogP) is 5.11. The number of alkyl carbamates (subject to hydrolysis) is 1. The minimum atomic E-state index is -1.08. The summed E-state index contributed by atoms with van der Waals surface area (Å²) in [7, 11) is 0. The Bertz CT molecular complexity index is 1320. The van der Waals surface area contributed by atoms with Crippen molar-refractivity contribution in [1.29, 1.82) is 0 Å². The number of benzene rings is 3. The summed E-state index contributed by atoms with van der Waals surface area (Å²) in [4.78, 5) is 40.9. The first kappa shape index (κ1) is 26.4. The van der Waals surface area contributed by atoms with Crippen LogP contribution in [0.4, 0.5) is 4.79 Å². The first-order valence-corrected chi connectivity index (χ1v) is 12.4. The number of hydrogen-bond acceptors (Lipinski definition) is 4. The first-order valence-electron chi connectivity index (χ1n) is 12.4. The molecule has 0 saturated heterocycles. The first-order chi connectivity index (χ1) is 18.4. The molecule has 2 N–H and O–H groups in total. The molecule has 194 valence electrons. The summed E-state index contributed by atoms with van der Waals surface area (Å²) in [5.74, 6) is -1.80. The van der Waals surface area contributed by atoms with Gasteiger partial charge in [0.05, 0.1) is 6.04 Å². The fourth-order valence-corrected chi connectivity index (χ4v) is 4.73. The van der Waals surface area contributed by atoms with Gasteiger partial charge in [0.1, 0.15) is 12.6 Å². The van der Waals surface area contributed by atoms with E-state index < -0.39 is 30.0 Å². The molecule has 0 saturated carbocycles. The van der Waals surface area contributed by atoms with Crippen molar-refractivity contribution >= 4 is 17.9 Å². The van der Waals surface area contributed by atoms with Crippen LogP contribution in [0.5, 0.6) is 0 Å². The van der Waals surface area contributed by atoms with Crippen LogP contribution in [0.3, 0.4) is 0 Å². The second kappa shape index (κ2) is 12.1. The van der Waals surface area contributed by atoms with E-state index in [1.165, 1.54) is 0 Å². The van der Waals surface area contributed by atoms with E-state index in [9.17, 15) is 14.4 Å². The number of amides is 3. The largest absolute Gasteiger partial charge is 0.449 e. The van der Waals surface area contributed by atoms with E-state index >= 15 is 0 Å². The number of nitrogens with zero attached hydrogens (tertiary/aromatic N) is 3. The van der Waals surface area contributed by atoms with Crippen molar-refractivity contribution < 1.29 is 19.1 Å². The summed E-state index contributed by atoms with van der Waals surface area (Å²) in [6.07, 6.45) is -0.595. The Kier molecular flexibility index (Phi) is 8.40. The molecule has 9 nitrogen and oxygen atoms in total. The van der Waals surface area contributed by atoms with E-state index in [0.29, 0.717) is 0 Å². The van der Waals surface area contributed by atoms with Gasteiger partial charge in [0.2, 0.25) is 11.8 Å². The summed E-state index contributed by atoms with van der Waals surface area (Å²) in [5, 5.41) is 8.44. The van der Waals surface area contributed by atoms with E-state index in [4.69, 9.17) is 10.3 Å². The molecule has 0 heterocycles. The monoisotopic (exact) mass is 511 g/mol. The number of rotatable bonds is 9. The molecule has 3 aromatic rings. The minimum Gasteiger partial charge on any atom is -0.449 e. The summed E-state index contributed by atoms with van der Waals surface area (Å²) in [6.45, 7) is 3.66. The van der Waals surface area contributed by atoms with Crippen molar-refractivity contribution in [2.75, 3.05) is 6.61 Å². The molecule has 38 heavy (non-hydrogen) atoms. The van der Waals surface area contributed by atoms with Gasteiger partial charge in [0, 0.05) is 10.8 Å². The summed E-state index contributed by atoms with van der Waals surface area (Å²) in [6, 6.07) is 23.0. The molecule has 0 unspecified atom stereocenters. The fraction of sp³-hybridized carbons (Fsp3) is 0.276. The summed E-state index contributed by atoms with van der Waals surface area (Å²) >= 11 is 0. The van der Waals surface area contributed by atoms with Crippen molar-refractivity contribution in [1.82, 2.24) is 10.6 Å². The molecule has 0 bridgehead atoms. The topological polar surface area (TPSA) is 133 Å². The molecule has 0 aliphatic heterocycles. The maximum absolute atomic E-state index is 13.1. The highest BCUT2D eigenvalue weighted by molar-refractivity contribution is 5.92. The lowest BCUT2D eigenvalue weighted by atomic mass is 9.98. The molecule has 9 heteroatoms. The zero-order chi connectivity index (χ0) is 27.1. The standard InChI is InChI=1S/C29H29N5O4/c1-18(2)26(28(36)31-25(27(35)33-34-30)16-19-10-4-3-5-11-19)32-29(37)38-17-24-22-14-8-6-12-20(22)21-13-7-9-15-23(21)24/h3-15,18,24-26H,16-17H2,1-2H3,(H,31,36)(H,32,37)/t25-,26-/m0/s1. The van der Waals surface area contributed by atoms with Crippen LogP contribution >= 0.6 is 0 Å². The smallest absolute Gasteiger partial charge is 0.407 e. The van der Waals surface area contributed by atoms with E-state index in [1.807, 2.05) is 54.6 Å². The number of ether oxygens (including phenoxy) is 1. The molecule has 0 aromatic heterocycles. The van der Waals surface area contributed by atoms with E-state index in [2.05, 4.69) is 32.8 Å². The molecule has 3 amide bonds. The maximum atomic E-state index is 13.1. The van der Waals surface area contributed by atoms with Gasteiger partial charge in [-0.3, -0.25) is 9.59 Å². The van der Waals surface area contributed by atoms with Gasteiger partial charge in [0.25, 0.3) is 0 Å². The lowest BCUT2D eigenvalue weighted by molar-refractivity contribution is -0.129. The second-order valence-electron chi connectivity index (χ2n) is 9.47. The van der Waals surface area contributed by atoms with E-state index in [1.54, 1.807) is 26.0 Å². The van der Waals surface area contributed by atoms with Crippen LogP contribution in [0.2, 0.25) is 0 Å². The lowest BCUT2D eigenvalue weighted by Gasteiger charge is -2.24. The molecule has 4 rings (SSSR count). The Morgan fingerprint density at radius 1 is 0.895 bits per heavy atom. The van der Waals surface area contributed by atoms with Crippen LogP contribution in [-0.2, 0) is 20.7 Å². The Balaban J connectivity index is 1.42. The van der Waals surface area contributed by atoms with Gasteiger partial charge < -0.3 is 15.4 Å². The number of azide groups is 1. The Hall–Kier alpha value is -4.62. The van der Waals surface area contributed by atoms with Crippen LogP contribution in [0.15, 0.2) is 84.0 Å². The van der Waals surface area contributed by atoms with Crippen LogP contribution < -0.4 is 10.6 Å². The van der Waals surface area contributed by atoms with Gasteiger partial charge in [-0.15, -0.1) is 0 Å². The van der Waals surface area contributed by atoms with Gasteiger partial charge in [-0.1, -0.05) is 92.7 Å². The average molecular weight is 512 g/mol. The molecule has 0 fully saturated rings. The van der Waals surface area contributed by atoms with Crippen molar-refractivity contribution in [3.63, 3.8) is 0 Å². The van der Waals surface area contributed by atoms with Crippen molar-refractivity contribution in [3.8, 4) is 11.1 Å². The second-order valence-corrected chi connectivity index (χ2v) is 9.47. The zero-order valence-electron chi connectivity index (χ0n) is 21.2. The number of carbonyl (C=O) groups is 3. The third-order valence-corrected chi connectivity index (χ3v) is 6.61. The fourth-order valence-electron chi connectivity index (χ4n) is 4.73. The number of carbonyl (C=O) groups excluding carboxylic acids is 3. The Morgan fingerprint density at radius 3 is 2.05 bits per heavy atom. The molecule has 2 atom stereocenters. The van der Waals surface area contributed by atoms with Crippen molar-refractivity contribution in [2.24, 2.45) is 11.0 Å². The van der Waals surface area contributed by atoms with Crippen molar-refractivity contribution in [3.05, 3.63) is 106 Å². The lowest BCUT2D eigenvalue weighted by Crippen LogP contribution is -2.54. The zero-order valence-corrected chi connectivity index (χ0v) is 21.2. The van der Waals surface area contributed by atoms with Gasteiger partial charge in [-0.25, -0.2) is 4.79 Å². The van der Waals surface area contributed by atoms with Gasteiger partial charge >= 0.3 is 6.09 Å². The van der Waals surface area contributed by atoms with E-state index in [0.717, 1.165) is 27.8 Å². The third kappa shape index (κ3) is 6.02. The molecule has 3 aromatic carbocycles. The summed E-state index contributed by atoms with van der Waals surface area (Å²) < 4.78 is 5.59. The minimum absolute atomic E-state index is 0.109. The van der Waals surface area contributed by atoms with Gasteiger partial charge in [-0.2, -0.15) is 0 Å². The number of fused-ring (bicyclic) bond motifs is 3. The van der Waals surface area contributed by atoms with Crippen LogP contribution in [-0.4, -0.2) is 36.6 Å². The normalized spacial score (nSPS) is 13.4. The Labute approximate surface area is 220 Å². The van der Waals surface area contributed by atoms with E-state index in [-0.39, 0.29) is 24.9 Å². The highest BCUT2D eigenvalue weighted by Crippen LogP contribution is 2.44. The van der Waals surface area contributed by atoms with Crippen LogP contribution in [0.25, 0.3) is 21.6 Å². The molecule has 1 aliphatic rings. The highest BCUT2D eigenvalue weighted by Gasteiger charge is 2.31. The maximum Gasteiger partial charge on any atom is 0.407 e. The quantitative estimate of drug-likeness (QED) is 0.234. The van der Waals surface area contributed by atoms with Gasteiger partial charge in [-0.05, 0) is 50.8 Å². The highest BCUT2D eigenvalue weighted by atomic mass is 16.5. The Morgan fingerprint density at radius 2 is 1.47 bits per heavy atom. The SMILES string of the molecule is CC(C)[C@H](NC(=O)OCC1c2ccccc2-c2ccccc21)C(=O)N[C@@H](Cc1ccccc1)C(=O)N=[N+]=[N-]. The van der Waals surface area contributed by atoms with Gasteiger partial charge in [0.15, 0.2) is 0 Å². The summed E-state index contributed by atoms with van der Waals surface area (Å²) in [5.41, 5.74) is 13.9. The van der Waals surface area contributed by atoms with Crippen LogP contribution in [0.1, 0.15) is 36.5 Å². The van der Waals surface area contributed by atoms with Crippen molar-refractivity contribution in [2.45, 2.75) is 38.3 Å². The molecule has 0 spiro atoms. The molecule has 1 aliphatic carbocycles. The number of nitrogens with one attached hydrogen (secondary N) is 2. The average Bonchev–Trinajstić information content (AvgIpc) is 3.24. The molecular weight excluding hydrogens is 482 g/mol. The molecular formula is C29H29N5O4. The predicted molar refractivity (Wildman–Crippen MR) is 143 cm³/mol. The third-order valence-electron chi connectivity index (χ3n) is 6.61. The van der Waals surface area contributed by atoms with Crippen LogP contribution in [0, 0.1) is 5.92 Å². The number of hydrogen-bond donors (Lipinski definition) is 2. The molecule has 0 radical (unpaired) electrons.